The van der Waals surface area contributed by atoms with Crippen LogP contribution in [0.3, 0.4) is 0 Å². The molecule has 24 heavy (non-hydrogen) atoms. The standard InChI is InChI=1S/C19H22Cl2N2O/c1-18(2,21)17(24)22-15-7-5-6-8-16(15)23-19(3,4)13-9-11-14(20)12-10-13/h5-12,23H,1-4H3,(H,22,24). The average molecular weight is 365 g/mol. The Morgan fingerprint density at radius 1 is 0.917 bits per heavy atom. The lowest BCUT2D eigenvalue weighted by Gasteiger charge is -2.30. The van der Waals surface area contributed by atoms with Crippen molar-refractivity contribution >= 4 is 40.5 Å². The van der Waals surface area contributed by atoms with Crippen molar-refractivity contribution in [3.05, 3.63) is 59.1 Å². The molecule has 0 aliphatic carbocycles. The number of carbonyl (C=O) groups is 1. The van der Waals surface area contributed by atoms with E-state index in [1.807, 2.05) is 48.5 Å². The van der Waals surface area contributed by atoms with Gasteiger partial charge in [0.15, 0.2) is 0 Å². The Hall–Kier alpha value is -1.71. The number of alkyl halides is 1. The highest BCUT2D eigenvalue weighted by atomic mass is 35.5. The van der Waals surface area contributed by atoms with Crippen molar-refractivity contribution in [2.45, 2.75) is 38.1 Å². The predicted molar refractivity (Wildman–Crippen MR) is 103 cm³/mol. The van der Waals surface area contributed by atoms with E-state index in [-0.39, 0.29) is 11.4 Å². The smallest absolute Gasteiger partial charge is 0.245 e. The fraction of sp³-hybridized carbons (Fsp3) is 0.316. The molecule has 0 heterocycles. The van der Waals surface area contributed by atoms with Gasteiger partial charge in [-0.3, -0.25) is 4.79 Å². The predicted octanol–water partition coefficient (Wildman–Crippen LogP) is 5.64. The summed E-state index contributed by atoms with van der Waals surface area (Å²) in [5.74, 6) is -0.247. The van der Waals surface area contributed by atoms with Gasteiger partial charge in [-0.15, -0.1) is 11.6 Å². The summed E-state index contributed by atoms with van der Waals surface area (Å²) >= 11 is 12.1. The molecule has 5 heteroatoms. The van der Waals surface area contributed by atoms with Gasteiger partial charge in [0.25, 0.3) is 0 Å². The minimum absolute atomic E-state index is 0.247. The van der Waals surface area contributed by atoms with Crippen molar-refractivity contribution in [2.75, 3.05) is 10.6 Å². The van der Waals surface area contributed by atoms with Gasteiger partial charge in [0.2, 0.25) is 5.91 Å². The van der Waals surface area contributed by atoms with E-state index in [2.05, 4.69) is 24.5 Å². The monoisotopic (exact) mass is 364 g/mol. The lowest BCUT2D eigenvalue weighted by atomic mass is 9.94. The molecular formula is C19H22Cl2N2O. The zero-order valence-corrected chi connectivity index (χ0v) is 15.8. The van der Waals surface area contributed by atoms with Crippen LogP contribution < -0.4 is 10.6 Å². The van der Waals surface area contributed by atoms with Crippen LogP contribution in [0.25, 0.3) is 0 Å². The molecule has 2 N–H and O–H groups in total. The van der Waals surface area contributed by atoms with Crippen LogP contribution in [0.2, 0.25) is 5.02 Å². The Bertz CT molecular complexity index is 719. The first kappa shape index (κ1) is 18.6. The number of hydrogen-bond acceptors (Lipinski definition) is 2. The summed E-state index contributed by atoms with van der Waals surface area (Å²) in [6.45, 7) is 7.47. The van der Waals surface area contributed by atoms with Gasteiger partial charge in [-0.25, -0.2) is 0 Å². The molecule has 3 nitrogen and oxygen atoms in total. The molecule has 0 aliphatic heterocycles. The maximum absolute atomic E-state index is 12.2. The van der Waals surface area contributed by atoms with Crippen LogP contribution >= 0.6 is 23.2 Å². The molecule has 2 rings (SSSR count). The van der Waals surface area contributed by atoms with Gasteiger partial charge in [0, 0.05) is 5.02 Å². The first-order chi connectivity index (χ1) is 11.1. The second kappa shape index (κ2) is 7.04. The van der Waals surface area contributed by atoms with E-state index in [1.54, 1.807) is 13.8 Å². The van der Waals surface area contributed by atoms with Crippen molar-refractivity contribution in [1.29, 1.82) is 0 Å². The second-order valence-corrected chi connectivity index (χ2v) is 8.11. The minimum Gasteiger partial charge on any atom is -0.374 e. The quantitative estimate of drug-likeness (QED) is 0.673. The molecule has 0 atom stereocenters. The highest BCUT2D eigenvalue weighted by molar-refractivity contribution is 6.36. The van der Waals surface area contributed by atoms with Crippen molar-refractivity contribution < 1.29 is 4.79 Å². The van der Waals surface area contributed by atoms with Crippen LogP contribution in [-0.4, -0.2) is 10.8 Å². The summed E-state index contributed by atoms with van der Waals surface area (Å²) in [5, 5.41) is 7.06. The highest BCUT2D eigenvalue weighted by Crippen LogP contribution is 2.31. The van der Waals surface area contributed by atoms with Crippen LogP contribution in [-0.2, 0) is 10.3 Å². The number of para-hydroxylation sites is 2. The van der Waals surface area contributed by atoms with Gasteiger partial charge in [-0.2, -0.15) is 0 Å². The van der Waals surface area contributed by atoms with E-state index in [1.165, 1.54) is 0 Å². The van der Waals surface area contributed by atoms with E-state index in [9.17, 15) is 4.79 Å². The molecule has 0 saturated heterocycles. The molecule has 0 spiro atoms. The highest BCUT2D eigenvalue weighted by Gasteiger charge is 2.26. The largest absolute Gasteiger partial charge is 0.374 e. The Kier molecular flexibility index (Phi) is 5.46. The lowest BCUT2D eigenvalue weighted by Crippen LogP contribution is -2.33. The Morgan fingerprint density at radius 3 is 2.00 bits per heavy atom. The molecule has 0 unspecified atom stereocenters. The van der Waals surface area contributed by atoms with E-state index >= 15 is 0 Å². The number of halogens is 2. The molecule has 0 bridgehead atoms. The summed E-state index contributed by atoms with van der Waals surface area (Å²) in [5.41, 5.74) is 2.26. The molecule has 0 aromatic heterocycles. The first-order valence-corrected chi connectivity index (χ1v) is 8.49. The number of rotatable bonds is 5. The van der Waals surface area contributed by atoms with Gasteiger partial charge in [0.05, 0.1) is 16.9 Å². The number of benzene rings is 2. The Balaban J connectivity index is 2.26. The maximum atomic E-state index is 12.2. The average Bonchev–Trinajstić information content (AvgIpc) is 2.48. The lowest BCUT2D eigenvalue weighted by molar-refractivity contribution is -0.117. The molecular weight excluding hydrogens is 343 g/mol. The molecule has 0 radical (unpaired) electrons. The van der Waals surface area contributed by atoms with E-state index in [0.29, 0.717) is 10.7 Å². The topological polar surface area (TPSA) is 41.1 Å². The Labute approximate surface area is 153 Å². The first-order valence-electron chi connectivity index (χ1n) is 7.73. The number of carbonyl (C=O) groups excluding carboxylic acids is 1. The SMILES string of the molecule is CC(C)(Cl)C(=O)Nc1ccccc1NC(C)(C)c1ccc(Cl)cc1. The fourth-order valence-corrected chi connectivity index (χ4v) is 2.42. The van der Waals surface area contributed by atoms with Crippen LogP contribution in [0.5, 0.6) is 0 Å². The van der Waals surface area contributed by atoms with Crippen LogP contribution in [0, 0.1) is 0 Å². The van der Waals surface area contributed by atoms with Crippen molar-refractivity contribution in [3.63, 3.8) is 0 Å². The van der Waals surface area contributed by atoms with Crippen LogP contribution in [0.4, 0.5) is 11.4 Å². The third-order valence-electron chi connectivity index (χ3n) is 3.73. The second-order valence-electron chi connectivity index (χ2n) is 6.73. The summed E-state index contributed by atoms with van der Waals surface area (Å²) < 4.78 is 0. The van der Waals surface area contributed by atoms with E-state index in [0.717, 1.165) is 11.3 Å². The minimum atomic E-state index is -0.973. The van der Waals surface area contributed by atoms with Crippen molar-refractivity contribution in [3.8, 4) is 0 Å². The van der Waals surface area contributed by atoms with E-state index < -0.39 is 4.87 Å². The summed E-state index contributed by atoms with van der Waals surface area (Å²) in [7, 11) is 0. The molecule has 0 saturated carbocycles. The van der Waals surface area contributed by atoms with Gasteiger partial charge < -0.3 is 10.6 Å². The van der Waals surface area contributed by atoms with Crippen LogP contribution in [0.15, 0.2) is 48.5 Å². The molecule has 0 fully saturated rings. The normalized spacial score (nSPS) is 11.9. The van der Waals surface area contributed by atoms with Crippen molar-refractivity contribution in [2.24, 2.45) is 0 Å². The fourth-order valence-electron chi connectivity index (χ4n) is 2.25. The van der Waals surface area contributed by atoms with E-state index in [4.69, 9.17) is 23.2 Å². The molecule has 1 amide bonds. The third kappa shape index (κ3) is 4.65. The number of hydrogen-bond donors (Lipinski definition) is 2. The number of amides is 1. The zero-order valence-electron chi connectivity index (χ0n) is 14.3. The van der Waals surface area contributed by atoms with Gasteiger partial charge in [0.1, 0.15) is 4.87 Å². The van der Waals surface area contributed by atoms with Crippen LogP contribution in [0.1, 0.15) is 33.3 Å². The molecule has 128 valence electrons. The van der Waals surface area contributed by atoms with Gasteiger partial charge >= 0.3 is 0 Å². The third-order valence-corrected chi connectivity index (χ3v) is 4.15. The zero-order chi connectivity index (χ0) is 18.0. The summed E-state index contributed by atoms with van der Waals surface area (Å²) in [6, 6.07) is 15.3. The number of nitrogens with one attached hydrogen (secondary N) is 2. The molecule has 2 aromatic carbocycles. The number of anilines is 2. The molecule has 0 aliphatic rings. The molecule has 2 aromatic rings. The summed E-state index contributed by atoms with van der Waals surface area (Å²) in [4.78, 5) is 11.2. The van der Waals surface area contributed by atoms with Gasteiger partial charge in [-0.05, 0) is 57.5 Å². The maximum Gasteiger partial charge on any atom is 0.245 e. The Morgan fingerprint density at radius 2 is 1.46 bits per heavy atom. The van der Waals surface area contributed by atoms with Crippen molar-refractivity contribution in [1.82, 2.24) is 0 Å². The summed E-state index contributed by atoms with van der Waals surface area (Å²) in [6.07, 6.45) is 0. The van der Waals surface area contributed by atoms with Gasteiger partial charge in [-0.1, -0.05) is 35.9 Å².